The fourth-order valence-electron chi connectivity index (χ4n) is 4.50. The number of carbonyl (C=O) groups is 2. The van der Waals surface area contributed by atoms with Crippen LogP contribution in [-0.2, 0) is 25.5 Å². The summed E-state index contributed by atoms with van der Waals surface area (Å²) in [6, 6.07) is 7.86. The van der Waals surface area contributed by atoms with Gasteiger partial charge in [-0.1, -0.05) is 36.6 Å². The van der Waals surface area contributed by atoms with Crippen LogP contribution in [0.25, 0.3) is 0 Å². The first kappa shape index (κ1) is 27.6. The van der Waals surface area contributed by atoms with Crippen molar-refractivity contribution in [3.63, 3.8) is 0 Å². The summed E-state index contributed by atoms with van der Waals surface area (Å²) < 4.78 is 15.8. The van der Waals surface area contributed by atoms with Gasteiger partial charge in [-0.3, -0.25) is 10.1 Å². The van der Waals surface area contributed by atoms with Crippen molar-refractivity contribution in [2.45, 2.75) is 65.2 Å². The Hall–Kier alpha value is -3.95. The van der Waals surface area contributed by atoms with Gasteiger partial charge in [0.1, 0.15) is 5.76 Å². The first-order chi connectivity index (χ1) is 17.7. The van der Waals surface area contributed by atoms with E-state index >= 15 is 0 Å². The van der Waals surface area contributed by atoms with Gasteiger partial charge in [0.05, 0.1) is 41.4 Å². The Bertz CT molecular complexity index is 1210. The number of nitrogens with zero attached hydrogens (tertiary/aromatic N) is 2. The number of hydrogen-bond donors (Lipinski definition) is 1. The van der Waals surface area contributed by atoms with Crippen molar-refractivity contribution in [2.75, 3.05) is 13.7 Å². The first-order valence-electron chi connectivity index (χ1n) is 12.3. The first-order valence-corrected chi connectivity index (χ1v) is 12.3. The fourth-order valence-corrected chi connectivity index (χ4v) is 4.50. The topological polar surface area (TPSA) is 134 Å². The van der Waals surface area contributed by atoms with Gasteiger partial charge in [0.2, 0.25) is 0 Å². The Morgan fingerprint density at radius 2 is 1.70 bits per heavy atom. The summed E-state index contributed by atoms with van der Waals surface area (Å²) in [4.78, 5) is 36.8. The zero-order chi connectivity index (χ0) is 26.9. The lowest BCUT2D eigenvalue weighted by atomic mass is 9.80. The molecule has 37 heavy (non-hydrogen) atoms. The SMILES string of the molecule is COC(=O)C1=C(C)NC(C)=C(C(=O)OCCCCCCCc2cc(C)no2)C1c1cccc([N+](=O)[O-])c1. The predicted molar refractivity (Wildman–Crippen MR) is 135 cm³/mol. The third-order valence-electron chi connectivity index (χ3n) is 6.28. The van der Waals surface area contributed by atoms with E-state index in [2.05, 4.69) is 10.5 Å². The van der Waals surface area contributed by atoms with E-state index in [9.17, 15) is 19.7 Å². The number of hydrogen-bond acceptors (Lipinski definition) is 9. The summed E-state index contributed by atoms with van der Waals surface area (Å²) in [5.41, 5.74) is 2.65. The second-order valence-electron chi connectivity index (χ2n) is 9.07. The van der Waals surface area contributed by atoms with Gasteiger partial charge in [0, 0.05) is 36.0 Å². The number of allylic oxidation sites excluding steroid dienone is 2. The van der Waals surface area contributed by atoms with Crippen LogP contribution in [0.3, 0.4) is 0 Å². The highest BCUT2D eigenvalue weighted by Gasteiger charge is 2.38. The van der Waals surface area contributed by atoms with Gasteiger partial charge in [-0.25, -0.2) is 9.59 Å². The Balaban J connectivity index is 1.63. The van der Waals surface area contributed by atoms with Crippen LogP contribution in [0.2, 0.25) is 0 Å². The molecule has 0 aliphatic carbocycles. The predicted octanol–water partition coefficient (Wildman–Crippen LogP) is 5.04. The Morgan fingerprint density at radius 3 is 2.35 bits per heavy atom. The van der Waals surface area contributed by atoms with Gasteiger partial charge in [0.15, 0.2) is 0 Å². The number of aromatic nitrogens is 1. The van der Waals surface area contributed by atoms with E-state index in [0.29, 0.717) is 23.4 Å². The molecule has 1 aliphatic heterocycles. The molecule has 0 radical (unpaired) electrons. The number of aryl methyl sites for hydroxylation is 2. The zero-order valence-corrected chi connectivity index (χ0v) is 21.7. The van der Waals surface area contributed by atoms with Crippen molar-refractivity contribution >= 4 is 17.6 Å². The molecule has 0 spiro atoms. The van der Waals surface area contributed by atoms with Crippen LogP contribution in [0, 0.1) is 17.0 Å². The van der Waals surface area contributed by atoms with E-state index in [0.717, 1.165) is 43.6 Å². The molecule has 0 fully saturated rings. The monoisotopic (exact) mass is 511 g/mol. The molecule has 1 aromatic carbocycles. The van der Waals surface area contributed by atoms with Crippen LogP contribution in [-0.4, -0.2) is 35.7 Å². The number of nitrogens with one attached hydrogen (secondary N) is 1. The minimum Gasteiger partial charge on any atom is -0.466 e. The number of benzene rings is 1. The minimum absolute atomic E-state index is 0.137. The summed E-state index contributed by atoms with van der Waals surface area (Å²) in [7, 11) is 1.25. The van der Waals surface area contributed by atoms with E-state index in [-0.39, 0.29) is 23.4 Å². The molecule has 1 aliphatic rings. The number of non-ortho nitro benzene ring substituents is 1. The summed E-state index contributed by atoms with van der Waals surface area (Å²) in [5.74, 6) is -1.16. The lowest BCUT2D eigenvalue weighted by Gasteiger charge is -2.30. The quantitative estimate of drug-likeness (QED) is 0.180. The van der Waals surface area contributed by atoms with Crippen LogP contribution in [0.1, 0.15) is 68.9 Å². The van der Waals surface area contributed by atoms with Crippen LogP contribution in [0.4, 0.5) is 5.69 Å². The average molecular weight is 512 g/mol. The second-order valence-corrected chi connectivity index (χ2v) is 9.07. The maximum absolute atomic E-state index is 13.2. The summed E-state index contributed by atoms with van der Waals surface area (Å²) in [6.45, 7) is 5.55. The van der Waals surface area contributed by atoms with E-state index in [1.165, 1.54) is 25.3 Å². The highest BCUT2D eigenvalue weighted by Crippen LogP contribution is 2.40. The molecule has 1 unspecified atom stereocenters. The van der Waals surface area contributed by atoms with E-state index in [1.807, 2.05) is 13.0 Å². The standard InChI is InChI=1S/C27H33N3O7/c1-17-15-22(37-29-17)13-8-6-5-7-9-14-36-27(32)24-19(3)28-18(2)23(26(31)35-4)25(24)20-11-10-12-21(16-20)30(33)34/h10-12,15-16,25,28H,5-9,13-14H2,1-4H3. The number of ether oxygens (including phenoxy) is 2. The highest BCUT2D eigenvalue weighted by atomic mass is 16.6. The smallest absolute Gasteiger partial charge is 0.336 e. The maximum atomic E-state index is 13.2. The lowest BCUT2D eigenvalue weighted by Crippen LogP contribution is -2.32. The van der Waals surface area contributed by atoms with Crippen molar-refractivity contribution in [1.82, 2.24) is 10.5 Å². The number of dihydropyridines is 1. The van der Waals surface area contributed by atoms with Crippen molar-refractivity contribution in [2.24, 2.45) is 0 Å². The molecule has 1 aromatic heterocycles. The molecule has 10 nitrogen and oxygen atoms in total. The largest absolute Gasteiger partial charge is 0.466 e. The third kappa shape index (κ3) is 7.05. The zero-order valence-electron chi connectivity index (χ0n) is 21.7. The molecule has 0 saturated heterocycles. The second kappa shape index (κ2) is 12.8. The highest BCUT2D eigenvalue weighted by molar-refractivity contribution is 5.99. The van der Waals surface area contributed by atoms with Crippen LogP contribution >= 0.6 is 0 Å². The number of rotatable bonds is 12. The summed E-state index contributed by atoms with van der Waals surface area (Å²) in [5, 5.41) is 18.3. The third-order valence-corrected chi connectivity index (χ3v) is 6.28. The average Bonchev–Trinajstić information content (AvgIpc) is 3.29. The van der Waals surface area contributed by atoms with Crippen molar-refractivity contribution in [3.8, 4) is 0 Å². The van der Waals surface area contributed by atoms with Gasteiger partial charge < -0.3 is 19.3 Å². The molecule has 0 saturated carbocycles. The molecule has 0 bridgehead atoms. The number of esters is 2. The molecule has 1 atom stereocenters. The lowest BCUT2D eigenvalue weighted by molar-refractivity contribution is -0.384. The number of methoxy groups -OCH3 is 1. The van der Waals surface area contributed by atoms with Crippen molar-refractivity contribution < 1.29 is 28.5 Å². The molecule has 3 rings (SSSR count). The number of nitro groups is 1. The van der Waals surface area contributed by atoms with Crippen molar-refractivity contribution in [1.29, 1.82) is 0 Å². The molecule has 1 N–H and O–H groups in total. The molecule has 198 valence electrons. The minimum atomic E-state index is -0.860. The fraction of sp³-hybridized carbons (Fsp3) is 0.444. The normalized spacial score (nSPS) is 15.4. The molecular formula is C27H33N3O7. The molecule has 10 heteroatoms. The number of carbonyl (C=O) groups excluding carboxylic acids is 2. The van der Waals surface area contributed by atoms with E-state index < -0.39 is 22.8 Å². The van der Waals surface area contributed by atoms with Gasteiger partial charge in [0.25, 0.3) is 5.69 Å². The Kier molecular flexibility index (Phi) is 9.59. The Morgan fingerprint density at radius 1 is 1.03 bits per heavy atom. The molecular weight excluding hydrogens is 478 g/mol. The summed E-state index contributed by atoms with van der Waals surface area (Å²) in [6.07, 6.45) is 5.48. The van der Waals surface area contributed by atoms with Gasteiger partial charge >= 0.3 is 11.9 Å². The van der Waals surface area contributed by atoms with Gasteiger partial charge in [-0.15, -0.1) is 0 Å². The molecule has 2 aromatic rings. The van der Waals surface area contributed by atoms with E-state index in [4.69, 9.17) is 14.0 Å². The summed E-state index contributed by atoms with van der Waals surface area (Å²) >= 11 is 0. The number of nitro benzene ring substituents is 1. The Labute approximate surface area is 215 Å². The molecule has 0 amide bonds. The van der Waals surface area contributed by atoms with Crippen LogP contribution < -0.4 is 5.32 Å². The van der Waals surface area contributed by atoms with Gasteiger partial charge in [-0.05, 0) is 39.2 Å². The number of unbranched alkanes of at least 4 members (excludes halogenated alkanes) is 4. The van der Waals surface area contributed by atoms with E-state index in [1.54, 1.807) is 19.9 Å². The molecule has 2 heterocycles. The van der Waals surface area contributed by atoms with Crippen molar-refractivity contribution in [3.05, 3.63) is 80.0 Å². The van der Waals surface area contributed by atoms with Crippen LogP contribution in [0.15, 0.2) is 57.4 Å². The maximum Gasteiger partial charge on any atom is 0.336 e. The van der Waals surface area contributed by atoms with Crippen LogP contribution in [0.5, 0.6) is 0 Å². The van der Waals surface area contributed by atoms with Gasteiger partial charge in [-0.2, -0.15) is 0 Å².